The van der Waals surface area contributed by atoms with Crippen LogP contribution >= 0.6 is 15.9 Å². The fraction of sp³-hybridized carbons (Fsp3) is 0.250. The summed E-state index contributed by atoms with van der Waals surface area (Å²) in [4.78, 5) is -0.325. The predicted octanol–water partition coefficient (Wildman–Crippen LogP) is 5.07. The number of aryl methyl sites for hydroxylation is 2. The maximum atomic E-state index is 14.1. The fourth-order valence-corrected chi connectivity index (χ4v) is 3.41. The number of benzene rings is 2. The number of ether oxygens (including phenoxy) is 1. The van der Waals surface area contributed by atoms with Crippen molar-refractivity contribution < 1.29 is 13.5 Å². The van der Waals surface area contributed by atoms with Gasteiger partial charge in [-0.2, -0.15) is 0 Å². The van der Waals surface area contributed by atoms with Gasteiger partial charge in [-0.15, -0.1) is 0 Å². The third-order valence-electron chi connectivity index (χ3n) is 3.29. The lowest BCUT2D eigenvalue weighted by Gasteiger charge is -2.18. The van der Waals surface area contributed by atoms with Gasteiger partial charge in [0.15, 0.2) is 0 Å². The molecule has 0 amide bonds. The lowest BCUT2D eigenvalue weighted by molar-refractivity contribution is 0.411. The molecule has 0 aromatic heterocycles. The predicted molar refractivity (Wildman–Crippen MR) is 79.6 cm³/mol. The number of alkyl halides is 1. The summed E-state index contributed by atoms with van der Waals surface area (Å²) in [5.41, 5.74) is 2.97. The Morgan fingerprint density at radius 3 is 2.15 bits per heavy atom. The van der Waals surface area contributed by atoms with E-state index >= 15 is 0 Å². The monoisotopic (exact) mass is 340 g/mol. The van der Waals surface area contributed by atoms with Crippen molar-refractivity contribution in [1.29, 1.82) is 0 Å². The summed E-state index contributed by atoms with van der Waals surface area (Å²) in [6, 6.07) is 7.64. The van der Waals surface area contributed by atoms with Gasteiger partial charge in [0, 0.05) is 11.6 Å². The Hall–Kier alpha value is -1.42. The first kappa shape index (κ1) is 15.0. The molecule has 0 aliphatic carbocycles. The highest BCUT2D eigenvalue weighted by atomic mass is 79.9. The topological polar surface area (TPSA) is 9.23 Å². The second kappa shape index (κ2) is 5.92. The molecule has 0 aliphatic heterocycles. The zero-order valence-corrected chi connectivity index (χ0v) is 13.1. The molecule has 0 spiro atoms. The lowest BCUT2D eigenvalue weighted by atomic mass is 9.95. The molecule has 1 unspecified atom stereocenters. The number of hydrogen-bond acceptors (Lipinski definition) is 1. The Morgan fingerprint density at radius 2 is 1.65 bits per heavy atom. The maximum absolute atomic E-state index is 14.1. The molecular weight excluding hydrogens is 326 g/mol. The molecule has 4 heteroatoms. The molecule has 2 rings (SSSR count). The van der Waals surface area contributed by atoms with Gasteiger partial charge in [-0.1, -0.05) is 22.0 Å². The molecule has 0 heterocycles. The molecule has 0 bridgehead atoms. The second-order valence-corrected chi connectivity index (χ2v) is 5.62. The SMILES string of the molecule is COc1ccc(C(Br)c2c(C)cc(F)cc2C)c(F)c1. The summed E-state index contributed by atoms with van der Waals surface area (Å²) >= 11 is 3.51. The van der Waals surface area contributed by atoms with Gasteiger partial charge in [0.2, 0.25) is 0 Å². The summed E-state index contributed by atoms with van der Waals surface area (Å²) in [5, 5.41) is 0. The minimum absolute atomic E-state index is 0.279. The highest BCUT2D eigenvalue weighted by Crippen LogP contribution is 2.37. The summed E-state index contributed by atoms with van der Waals surface area (Å²) < 4.78 is 32.5. The van der Waals surface area contributed by atoms with E-state index in [1.807, 2.05) is 13.8 Å². The zero-order valence-electron chi connectivity index (χ0n) is 11.5. The van der Waals surface area contributed by atoms with E-state index < -0.39 is 0 Å². The molecule has 2 aromatic rings. The normalized spacial score (nSPS) is 12.3. The average molecular weight is 341 g/mol. The summed E-state index contributed by atoms with van der Waals surface area (Å²) in [5.74, 6) is -0.161. The molecule has 20 heavy (non-hydrogen) atoms. The Kier molecular flexibility index (Phi) is 4.43. The van der Waals surface area contributed by atoms with E-state index in [4.69, 9.17) is 4.74 Å². The van der Waals surface area contributed by atoms with Crippen LogP contribution in [0.3, 0.4) is 0 Å². The van der Waals surface area contributed by atoms with Gasteiger partial charge in [-0.05, 0) is 48.7 Å². The highest BCUT2D eigenvalue weighted by molar-refractivity contribution is 9.09. The van der Waals surface area contributed by atoms with Crippen molar-refractivity contribution in [3.63, 3.8) is 0 Å². The summed E-state index contributed by atoms with van der Waals surface area (Å²) in [7, 11) is 1.49. The van der Waals surface area contributed by atoms with Crippen molar-refractivity contribution in [2.45, 2.75) is 18.7 Å². The molecule has 0 fully saturated rings. The van der Waals surface area contributed by atoms with Crippen LogP contribution in [0.15, 0.2) is 30.3 Å². The molecular formula is C16H15BrF2O. The molecule has 0 saturated heterocycles. The standard InChI is InChI=1S/C16H15BrF2O/c1-9-6-11(18)7-10(2)15(9)16(17)13-5-4-12(20-3)8-14(13)19/h4-8,16H,1-3H3. The van der Waals surface area contributed by atoms with Gasteiger partial charge in [-0.3, -0.25) is 0 Å². The minimum Gasteiger partial charge on any atom is -0.497 e. The molecule has 106 valence electrons. The van der Waals surface area contributed by atoms with Crippen LogP contribution in [0.25, 0.3) is 0 Å². The van der Waals surface area contributed by atoms with Crippen LogP contribution in [-0.4, -0.2) is 7.11 Å². The van der Waals surface area contributed by atoms with Gasteiger partial charge in [0.05, 0.1) is 11.9 Å². The minimum atomic E-state index is -0.352. The van der Waals surface area contributed by atoms with Crippen LogP contribution < -0.4 is 4.74 Å². The summed E-state index contributed by atoms with van der Waals surface area (Å²) in [6.07, 6.45) is 0. The Balaban J connectivity index is 2.49. The highest BCUT2D eigenvalue weighted by Gasteiger charge is 2.19. The van der Waals surface area contributed by atoms with Crippen molar-refractivity contribution in [2.24, 2.45) is 0 Å². The van der Waals surface area contributed by atoms with E-state index in [0.29, 0.717) is 11.3 Å². The van der Waals surface area contributed by atoms with Crippen molar-refractivity contribution in [3.8, 4) is 5.75 Å². The average Bonchev–Trinajstić information content (AvgIpc) is 2.37. The quantitative estimate of drug-likeness (QED) is 0.708. The van der Waals surface area contributed by atoms with E-state index in [9.17, 15) is 8.78 Å². The number of rotatable bonds is 3. The third-order valence-corrected chi connectivity index (χ3v) is 4.24. The van der Waals surface area contributed by atoms with E-state index in [0.717, 1.165) is 16.7 Å². The van der Waals surface area contributed by atoms with Gasteiger partial charge in [0.25, 0.3) is 0 Å². The molecule has 1 atom stereocenters. The largest absolute Gasteiger partial charge is 0.497 e. The van der Waals surface area contributed by atoms with Crippen LogP contribution in [-0.2, 0) is 0 Å². The molecule has 2 aromatic carbocycles. The maximum Gasteiger partial charge on any atom is 0.131 e. The van der Waals surface area contributed by atoms with E-state index in [2.05, 4.69) is 15.9 Å². The van der Waals surface area contributed by atoms with Gasteiger partial charge < -0.3 is 4.74 Å². The van der Waals surface area contributed by atoms with E-state index in [-0.39, 0.29) is 16.5 Å². The van der Waals surface area contributed by atoms with Crippen LogP contribution in [0.1, 0.15) is 27.1 Å². The molecule has 0 radical (unpaired) electrons. The van der Waals surface area contributed by atoms with Gasteiger partial charge in [0.1, 0.15) is 17.4 Å². The molecule has 0 saturated carbocycles. The number of hydrogen-bond donors (Lipinski definition) is 0. The van der Waals surface area contributed by atoms with Gasteiger partial charge in [-0.25, -0.2) is 8.78 Å². The van der Waals surface area contributed by atoms with Crippen LogP contribution in [0.4, 0.5) is 8.78 Å². The lowest BCUT2D eigenvalue weighted by Crippen LogP contribution is -2.02. The van der Waals surface area contributed by atoms with Crippen molar-refractivity contribution >= 4 is 15.9 Å². The fourth-order valence-electron chi connectivity index (χ4n) is 2.32. The smallest absolute Gasteiger partial charge is 0.131 e. The van der Waals surface area contributed by atoms with Crippen LogP contribution in [0, 0.1) is 25.5 Å². The first-order chi connectivity index (χ1) is 9.43. The second-order valence-electron chi connectivity index (χ2n) is 4.70. The third kappa shape index (κ3) is 2.85. The van der Waals surface area contributed by atoms with Crippen molar-refractivity contribution in [2.75, 3.05) is 7.11 Å². The molecule has 0 aliphatic rings. The molecule has 1 nitrogen and oxygen atoms in total. The van der Waals surface area contributed by atoms with Crippen molar-refractivity contribution in [1.82, 2.24) is 0 Å². The number of methoxy groups -OCH3 is 1. The zero-order chi connectivity index (χ0) is 14.9. The Morgan fingerprint density at radius 1 is 1.05 bits per heavy atom. The first-order valence-corrected chi connectivity index (χ1v) is 7.09. The summed E-state index contributed by atoms with van der Waals surface area (Å²) in [6.45, 7) is 3.64. The molecule has 0 N–H and O–H groups in total. The Bertz CT molecular complexity index is 617. The van der Waals surface area contributed by atoms with E-state index in [1.165, 1.54) is 25.3 Å². The van der Waals surface area contributed by atoms with Crippen molar-refractivity contribution in [3.05, 3.63) is 64.2 Å². The van der Waals surface area contributed by atoms with Crippen LogP contribution in [0.5, 0.6) is 5.75 Å². The number of halogens is 3. The van der Waals surface area contributed by atoms with Gasteiger partial charge >= 0.3 is 0 Å². The van der Waals surface area contributed by atoms with Crippen LogP contribution in [0.2, 0.25) is 0 Å². The van der Waals surface area contributed by atoms with E-state index in [1.54, 1.807) is 12.1 Å². The first-order valence-electron chi connectivity index (χ1n) is 6.18. The Labute approximate surface area is 125 Å².